The highest BCUT2D eigenvalue weighted by molar-refractivity contribution is 5.93. The molecule has 0 saturated carbocycles. The van der Waals surface area contributed by atoms with Gasteiger partial charge < -0.3 is 14.8 Å². The lowest BCUT2D eigenvalue weighted by Gasteiger charge is -2.26. The molecule has 2 heterocycles. The molecule has 156 valence electrons. The molecular formula is C19H14F4N4O3. The molecule has 0 radical (unpaired) electrons. The summed E-state index contributed by atoms with van der Waals surface area (Å²) in [5.41, 5.74) is -2.35. The molecule has 0 fully saturated rings. The van der Waals surface area contributed by atoms with Crippen molar-refractivity contribution in [2.24, 2.45) is 0 Å². The molecule has 1 aromatic heterocycles. The third kappa shape index (κ3) is 3.91. The fourth-order valence-electron chi connectivity index (χ4n) is 2.91. The molecule has 1 unspecified atom stereocenters. The lowest BCUT2D eigenvalue weighted by atomic mass is 10.2. The van der Waals surface area contributed by atoms with Crippen LogP contribution in [0.3, 0.4) is 0 Å². The van der Waals surface area contributed by atoms with E-state index in [4.69, 9.17) is 9.47 Å². The first-order chi connectivity index (χ1) is 14.3. The van der Waals surface area contributed by atoms with Gasteiger partial charge in [-0.15, -0.1) is 5.10 Å². The first kappa shape index (κ1) is 19.7. The van der Waals surface area contributed by atoms with Gasteiger partial charge in [0.1, 0.15) is 18.5 Å². The Hall–Kier alpha value is -3.63. The van der Waals surface area contributed by atoms with E-state index in [0.717, 1.165) is 24.3 Å². The summed E-state index contributed by atoms with van der Waals surface area (Å²) in [5, 5.41) is 9.20. The monoisotopic (exact) mass is 422 g/mol. The number of ether oxygens (including phenoxy) is 2. The summed E-state index contributed by atoms with van der Waals surface area (Å²) in [4.78, 5) is 12.4. The summed E-state index contributed by atoms with van der Waals surface area (Å²) in [7, 11) is 0. The zero-order chi connectivity index (χ0) is 21.3. The van der Waals surface area contributed by atoms with Crippen LogP contribution in [0.1, 0.15) is 16.2 Å². The van der Waals surface area contributed by atoms with Gasteiger partial charge in [-0.25, -0.2) is 9.07 Å². The molecule has 1 amide bonds. The Labute approximate surface area is 167 Å². The number of fused-ring (bicyclic) bond motifs is 1. The second-order valence-corrected chi connectivity index (χ2v) is 6.38. The molecule has 1 aliphatic rings. The first-order valence-corrected chi connectivity index (χ1v) is 8.78. The van der Waals surface area contributed by atoms with Crippen molar-refractivity contribution in [3.63, 3.8) is 0 Å². The Kier molecular flexibility index (Phi) is 5.02. The van der Waals surface area contributed by atoms with Gasteiger partial charge in [0.2, 0.25) is 0 Å². The van der Waals surface area contributed by atoms with Crippen LogP contribution in [0.25, 0.3) is 5.69 Å². The summed E-state index contributed by atoms with van der Waals surface area (Å²) in [6, 6.07) is 11.1. The van der Waals surface area contributed by atoms with Gasteiger partial charge in [0.25, 0.3) is 5.91 Å². The van der Waals surface area contributed by atoms with Gasteiger partial charge in [-0.1, -0.05) is 17.3 Å². The number of rotatable bonds is 4. The van der Waals surface area contributed by atoms with Crippen LogP contribution >= 0.6 is 0 Å². The molecular weight excluding hydrogens is 408 g/mol. The number of hydrogen-bond donors (Lipinski definition) is 1. The fourth-order valence-corrected chi connectivity index (χ4v) is 2.91. The predicted molar refractivity (Wildman–Crippen MR) is 95.0 cm³/mol. The number of para-hydroxylation sites is 2. The number of carbonyl (C=O) groups is 1. The topological polar surface area (TPSA) is 78.3 Å². The average Bonchev–Trinajstić information content (AvgIpc) is 3.18. The van der Waals surface area contributed by atoms with Gasteiger partial charge in [0.15, 0.2) is 22.9 Å². The molecule has 11 heteroatoms. The summed E-state index contributed by atoms with van der Waals surface area (Å²) in [5.74, 6) is -0.678. The van der Waals surface area contributed by atoms with Gasteiger partial charge in [0, 0.05) is 0 Å². The molecule has 0 spiro atoms. The second-order valence-electron chi connectivity index (χ2n) is 6.38. The average molecular weight is 422 g/mol. The molecule has 1 aliphatic heterocycles. The van der Waals surface area contributed by atoms with Gasteiger partial charge in [-0.3, -0.25) is 4.79 Å². The molecule has 0 aliphatic carbocycles. The van der Waals surface area contributed by atoms with Crippen LogP contribution in [0.2, 0.25) is 0 Å². The van der Waals surface area contributed by atoms with Crippen LogP contribution in [-0.2, 0) is 6.18 Å². The third-order valence-corrected chi connectivity index (χ3v) is 4.28. The highest BCUT2D eigenvalue weighted by Crippen LogP contribution is 2.33. The van der Waals surface area contributed by atoms with E-state index in [1.54, 1.807) is 24.3 Å². The Morgan fingerprint density at radius 1 is 1.13 bits per heavy atom. The summed E-state index contributed by atoms with van der Waals surface area (Å²) >= 11 is 0. The van der Waals surface area contributed by atoms with Crippen molar-refractivity contribution in [1.29, 1.82) is 0 Å². The molecule has 0 saturated heterocycles. The highest BCUT2D eigenvalue weighted by atomic mass is 19.4. The van der Waals surface area contributed by atoms with Crippen LogP contribution in [0.5, 0.6) is 11.5 Å². The molecule has 2 aromatic carbocycles. The van der Waals surface area contributed by atoms with E-state index in [0.29, 0.717) is 16.2 Å². The zero-order valence-electron chi connectivity index (χ0n) is 15.2. The van der Waals surface area contributed by atoms with Crippen LogP contribution in [-0.4, -0.2) is 40.2 Å². The molecule has 30 heavy (non-hydrogen) atoms. The van der Waals surface area contributed by atoms with Crippen molar-refractivity contribution in [3.8, 4) is 17.2 Å². The molecule has 1 N–H and O–H groups in total. The number of amides is 1. The molecule has 7 nitrogen and oxygen atoms in total. The number of nitrogens with zero attached hydrogens (tertiary/aromatic N) is 3. The minimum atomic E-state index is -4.92. The van der Waals surface area contributed by atoms with E-state index >= 15 is 0 Å². The zero-order valence-corrected chi connectivity index (χ0v) is 15.2. The van der Waals surface area contributed by atoms with E-state index in [9.17, 15) is 22.4 Å². The Morgan fingerprint density at radius 3 is 2.53 bits per heavy atom. The van der Waals surface area contributed by atoms with Crippen LogP contribution < -0.4 is 14.8 Å². The van der Waals surface area contributed by atoms with Gasteiger partial charge in [-0.2, -0.15) is 13.2 Å². The second kappa shape index (κ2) is 7.65. The number of hydrogen-bond acceptors (Lipinski definition) is 5. The smallest absolute Gasteiger partial charge is 0.435 e. The van der Waals surface area contributed by atoms with Crippen molar-refractivity contribution in [2.45, 2.75) is 12.3 Å². The van der Waals surface area contributed by atoms with E-state index in [2.05, 4.69) is 15.6 Å². The van der Waals surface area contributed by atoms with Crippen LogP contribution in [0.4, 0.5) is 17.6 Å². The summed E-state index contributed by atoms with van der Waals surface area (Å²) < 4.78 is 65.6. The Morgan fingerprint density at radius 2 is 1.83 bits per heavy atom. The largest absolute Gasteiger partial charge is 0.486 e. The standard InChI is InChI=1S/C19H14F4N4O3/c20-11-5-7-12(8-6-11)27-17(19(21,22)23)16(25-26-27)18(28)24-9-13-10-29-14-3-1-2-4-15(14)30-13/h1-8,13H,9-10H2,(H,24,28). The predicted octanol–water partition coefficient (Wildman–Crippen LogP) is 3.00. The first-order valence-electron chi connectivity index (χ1n) is 8.78. The summed E-state index contributed by atoms with van der Waals surface area (Å²) in [6.07, 6.45) is -5.51. The number of halogens is 4. The maximum absolute atomic E-state index is 13.6. The van der Waals surface area contributed by atoms with E-state index in [1.807, 2.05) is 0 Å². The van der Waals surface area contributed by atoms with Crippen LogP contribution in [0.15, 0.2) is 48.5 Å². The van der Waals surface area contributed by atoms with Crippen molar-refractivity contribution in [1.82, 2.24) is 20.3 Å². The van der Waals surface area contributed by atoms with Gasteiger partial charge in [-0.05, 0) is 36.4 Å². The number of nitrogens with one attached hydrogen (secondary N) is 1. The van der Waals surface area contributed by atoms with Gasteiger partial charge >= 0.3 is 6.18 Å². The summed E-state index contributed by atoms with van der Waals surface area (Å²) in [6.45, 7) is 0.0135. The minimum absolute atomic E-state index is 0.0871. The third-order valence-electron chi connectivity index (χ3n) is 4.28. The Balaban J connectivity index is 1.52. The lowest BCUT2D eigenvalue weighted by molar-refractivity contribution is -0.143. The van der Waals surface area contributed by atoms with Crippen molar-refractivity contribution >= 4 is 5.91 Å². The maximum atomic E-state index is 13.6. The van der Waals surface area contributed by atoms with E-state index < -0.39 is 35.4 Å². The van der Waals surface area contributed by atoms with Gasteiger partial charge in [0.05, 0.1) is 12.2 Å². The number of alkyl halides is 3. The quantitative estimate of drug-likeness (QED) is 0.654. The minimum Gasteiger partial charge on any atom is -0.486 e. The molecule has 4 rings (SSSR count). The van der Waals surface area contributed by atoms with Crippen molar-refractivity contribution in [3.05, 3.63) is 65.7 Å². The van der Waals surface area contributed by atoms with E-state index in [-0.39, 0.29) is 18.8 Å². The maximum Gasteiger partial charge on any atom is 0.435 e. The number of benzene rings is 2. The van der Waals surface area contributed by atoms with Crippen LogP contribution in [0, 0.1) is 5.82 Å². The molecule has 3 aromatic rings. The Bertz CT molecular complexity index is 1070. The molecule has 1 atom stereocenters. The van der Waals surface area contributed by atoms with Crippen molar-refractivity contribution < 1.29 is 31.8 Å². The SMILES string of the molecule is O=C(NCC1COc2ccccc2O1)c1nnn(-c2ccc(F)cc2)c1C(F)(F)F. The van der Waals surface area contributed by atoms with Crippen molar-refractivity contribution in [2.75, 3.05) is 13.2 Å². The normalized spacial score (nSPS) is 15.7. The van der Waals surface area contributed by atoms with E-state index in [1.165, 1.54) is 0 Å². The molecule has 0 bridgehead atoms. The number of carbonyl (C=O) groups excluding carboxylic acids is 1. The lowest BCUT2D eigenvalue weighted by Crippen LogP contribution is -2.41. The highest BCUT2D eigenvalue weighted by Gasteiger charge is 2.42. The number of aromatic nitrogens is 3. The fraction of sp³-hybridized carbons (Fsp3) is 0.211.